The van der Waals surface area contributed by atoms with E-state index in [4.69, 9.17) is 5.84 Å². The molecule has 1 aliphatic carbocycles. The third-order valence-corrected chi connectivity index (χ3v) is 6.10. The fraction of sp³-hybridized carbons (Fsp3) is 0.500. The molecule has 2 N–H and O–H groups in total. The highest BCUT2D eigenvalue weighted by Crippen LogP contribution is 2.37. The van der Waals surface area contributed by atoms with Crippen molar-refractivity contribution in [3.63, 3.8) is 0 Å². The molecule has 3 rings (SSSR count). The molecular weight excluding hydrogens is 401 g/mol. The maximum Gasteiger partial charge on any atom is 0.286 e. The number of fused-ring (bicyclic) bond motifs is 1. The van der Waals surface area contributed by atoms with Gasteiger partial charge in [0.2, 0.25) is 0 Å². The fourth-order valence-electron chi connectivity index (χ4n) is 3.17. The molecular formula is C14H18IN3O2S. The summed E-state index contributed by atoms with van der Waals surface area (Å²) >= 11 is 2.11. The van der Waals surface area contributed by atoms with E-state index < -0.39 is 10.0 Å². The molecule has 0 spiro atoms. The van der Waals surface area contributed by atoms with E-state index in [-0.39, 0.29) is 10.8 Å². The minimum Gasteiger partial charge on any atom is -0.263 e. The molecule has 5 nitrogen and oxygen atoms in total. The lowest BCUT2D eigenvalue weighted by atomic mass is 9.88. The zero-order chi connectivity index (χ0) is 15.2. The van der Waals surface area contributed by atoms with Crippen LogP contribution < -0.4 is 10.9 Å². The Hall–Kier alpha value is -0.670. The van der Waals surface area contributed by atoms with Crippen LogP contribution in [0.25, 0.3) is 0 Å². The maximum atomic E-state index is 12.5. The minimum atomic E-state index is -3.66. The van der Waals surface area contributed by atoms with E-state index in [1.807, 2.05) is 13.0 Å². The van der Waals surface area contributed by atoms with Crippen LogP contribution in [0.2, 0.25) is 0 Å². The topological polar surface area (TPSA) is 75.8 Å². The summed E-state index contributed by atoms with van der Waals surface area (Å²) in [6, 6.07) is 3.58. The Morgan fingerprint density at radius 3 is 2.62 bits per heavy atom. The van der Waals surface area contributed by atoms with E-state index in [0.29, 0.717) is 11.5 Å². The van der Waals surface area contributed by atoms with E-state index in [9.17, 15) is 8.42 Å². The summed E-state index contributed by atoms with van der Waals surface area (Å²) in [5.74, 6) is 6.88. The molecule has 1 aromatic rings. The third kappa shape index (κ3) is 2.70. The van der Waals surface area contributed by atoms with Crippen LogP contribution in [0, 0.1) is 16.4 Å². The Kier molecular flexibility index (Phi) is 4.00. The van der Waals surface area contributed by atoms with Gasteiger partial charge in [-0.15, -0.1) is 4.40 Å². The molecule has 0 saturated heterocycles. The van der Waals surface area contributed by atoms with Gasteiger partial charge in [0.1, 0.15) is 10.7 Å². The largest absolute Gasteiger partial charge is 0.286 e. The van der Waals surface area contributed by atoms with Gasteiger partial charge in [-0.3, -0.25) is 5.01 Å². The Labute approximate surface area is 138 Å². The summed E-state index contributed by atoms with van der Waals surface area (Å²) in [7, 11) is -3.66. The molecule has 1 aromatic carbocycles. The second kappa shape index (κ2) is 5.51. The molecule has 1 heterocycles. The zero-order valence-electron chi connectivity index (χ0n) is 11.8. The summed E-state index contributed by atoms with van der Waals surface area (Å²) in [5.41, 5.74) is 1.44. The van der Waals surface area contributed by atoms with Gasteiger partial charge in [0, 0.05) is 9.49 Å². The highest BCUT2D eigenvalue weighted by atomic mass is 127. The smallest absolute Gasteiger partial charge is 0.263 e. The van der Waals surface area contributed by atoms with Crippen molar-refractivity contribution >= 4 is 44.1 Å². The molecule has 1 aliphatic heterocycles. The molecule has 0 unspecified atom stereocenters. The highest BCUT2D eigenvalue weighted by molar-refractivity contribution is 14.1. The van der Waals surface area contributed by atoms with E-state index in [1.165, 1.54) is 11.4 Å². The average Bonchev–Trinajstić information content (AvgIpc) is 2.43. The van der Waals surface area contributed by atoms with Gasteiger partial charge in [-0.25, -0.2) is 5.84 Å². The predicted octanol–water partition coefficient (Wildman–Crippen LogP) is 2.96. The molecule has 1 fully saturated rings. The molecule has 0 atom stereocenters. The number of nitrogens with two attached hydrogens (primary N) is 1. The normalized spacial score (nSPS) is 21.9. The monoisotopic (exact) mass is 419 g/mol. The third-order valence-electron chi connectivity index (χ3n) is 4.18. The summed E-state index contributed by atoms with van der Waals surface area (Å²) in [6.45, 7) is 1.89. The Balaban J connectivity index is 2.13. The summed E-state index contributed by atoms with van der Waals surface area (Å²) in [4.78, 5) is 0.217. The number of hydrogen-bond acceptors (Lipinski definition) is 4. The number of aryl methyl sites for hydroxylation is 1. The van der Waals surface area contributed by atoms with E-state index in [0.717, 1.165) is 34.8 Å². The van der Waals surface area contributed by atoms with Crippen molar-refractivity contribution in [2.24, 2.45) is 16.2 Å². The van der Waals surface area contributed by atoms with Gasteiger partial charge >= 0.3 is 0 Å². The molecule has 0 radical (unpaired) electrons. The quantitative estimate of drug-likeness (QED) is 0.561. The molecule has 2 aliphatic rings. The van der Waals surface area contributed by atoms with Crippen molar-refractivity contribution in [1.29, 1.82) is 0 Å². The molecule has 0 amide bonds. The second-order valence-corrected chi connectivity index (χ2v) is 8.52. The molecule has 1 saturated carbocycles. The van der Waals surface area contributed by atoms with Gasteiger partial charge in [-0.2, -0.15) is 8.42 Å². The van der Waals surface area contributed by atoms with Crippen molar-refractivity contribution in [2.75, 3.05) is 5.01 Å². The van der Waals surface area contributed by atoms with Gasteiger partial charge in [0.25, 0.3) is 10.0 Å². The molecule has 0 aromatic heterocycles. The summed E-state index contributed by atoms with van der Waals surface area (Å²) in [6.07, 6.45) is 5.34. The van der Waals surface area contributed by atoms with Crippen molar-refractivity contribution in [3.8, 4) is 0 Å². The van der Waals surface area contributed by atoms with Crippen molar-refractivity contribution < 1.29 is 8.42 Å². The van der Waals surface area contributed by atoms with Crippen LogP contribution in [0.4, 0.5) is 5.69 Å². The second-order valence-electron chi connectivity index (χ2n) is 5.70. The van der Waals surface area contributed by atoms with E-state index in [2.05, 4.69) is 27.0 Å². The lowest BCUT2D eigenvalue weighted by Gasteiger charge is -2.33. The zero-order valence-corrected chi connectivity index (χ0v) is 14.8. The van der Waals surface area contributed by atoms with Gasteiger partial charge in [-0.05, 0) is 60.1 Å². The Morgan fingerprint density at radius 2 is 1.95 bits per heavy atom. The predicted molar refractivity (Wildman–Crippen MR) is 91.8 cm³/mol. The van der Waals surface area contributed by atoms with Crippen LogP contribution in [0.15, 0.2) is 21.4 Å². The van der Waals surface area contributed by atoms with Gasteiger partial charge < -0.3 is 0 Å². The number of nitrogens with zero attached hydrogens (tertiary/aromatic N) is 2. The van der Waals surface area contributed by atoms with E-state index in [1.54, 1.807) is 6.07 Å². The minimum absolute atomic E-state index is 0.144. The number of sulfonamides is 1. The molecule has 114 valence electrons. The van der Waals surface area contributed by atoms with Crippen LogP contribution in [-0.2, 0) is 10.0 Å². The number of benzene rings is 1. The molecule has 0 bridgehead atoms. The van der Waals surface area contributed by atoms with Crippen molar-refractivity contribution in [1.82, 2.24) is 0 Å². The van der Waals surface area contributed by atoms with Crippen molar-refractivity contribution in [3.05, 3.63) is 21.3 Å². The first-order valence-electron chi connectivity index (χ1n) is 7.10. The van der Waals surface area contributed by atoms with Crippen LogP contribution in [-0.4, -0.2) is 14.3 Å². The van der Waals surface area contributed by atoms with Gasteiger partial charge in [-0.1, -0.05) is 19.3 Å². The maximum absolute atomic E-state index is 12.5. The van der Waals surface area contributed by atoms with Crippen molar-refractivity contribution in [2.45, 2.75) is 43.9 Å². The van der Waals surface area contributed by atoms with Gasteiger partial charge in [0.05, 0.1) is 5.69 Å². The van der Waals surface area contributed by atoms with Crippen LogP contribution >= 0.6 is 22.6 Å². The number of hydrogen-bond donors (Lipinski definition) is 1. The number of rotatable bonds is 1. The summed E-state index contributed by atoms with van der Waals surface area (Å²) in [5, 5.41) is 1.50. The SMILES string of the molecule is Cc1cc(I)cc2c1N(N)C(C1CCCCC1)=NS2(=O)=O. The first-order chi connectivity index (χ1) is 9.90. The van der Waals surface area contributed by atoms with E-state index >= 15 is 0 Å². The molecule has 21 heavy (non-hydrogen) atoms. The number of amidine groups is 1. The standard InChI is InChI=1S/C14H18IN3O2S/c1-9-7-11(15)8-12-13(9)18(16)14(17-21(12,19)20)10-5-3-2-4-6-10/h7-8,10H,2-6,16H2,1H3. The van der Waals surface area contributed by atoms with Crippen LogP contribution in [0.1, 0.15) is 37.7 Å². The van der Waals surface area contributed by atoms with Crippen LogP contribution in [0.5, 0.6) is 0 Å². The Morgan fingerprint density at radius 1 is 1.29 bits per heavy atom. The average molecular weight is 419 g/mol. The number of hydrazine groups is 1. The Bertz CT molecular complexity index is 709. The number of halogens is 1. The van der Waals surface area contributed by atoms with Crippen LogP contribution in [0.3, 0.4) is 0 Å². The first-order valence-corrected chi connectivity index (χ1v) is 9.62. The highest BCUT2D eigenvalue weighted by Gasteiger charge is 2.35. The lowest BCUT2D eigenvalue weighted by molar-refractivity contribution is 0.435. The lowest BCUT2D eigenvalue weighted by Crippen LogP contribution is -2.46. The summed E-state index contributed by atoms with van der Waals surface area (Å²) < 4.78 is 29.9. The first kappa shape index (κ1) is 15.2. The fourth-order valence-corrected chi connectivity index (χ4v) is 5.52. The molecule has 7 heteroatoms. The van der Waals surface area contributed by atoms with Gasteiger partial charge in [0.15, 0.2) is 0 Å². The number of anilines is 1.